The molecule has 0 radical (unpaired) electrons. The van der Waals surface area contributed by atoms with E-state index in [-0.39, 0.29) is 13.0 Å². The summed E-state index contributed by atoms with van der Waals surface area (Å²) < 4.78 is 9.96. The zero-order valence-electron chi connectivity index (χ0n) is 20.7. The standard InChI is InChI=1S/C28H42O7/c1-2-3-4-5-6-7-8-9-10-11-12-13-14-15-16-17-18-19-20-21-24(29)34-22-23-25(30)26(31)27(32)28(33)35-23/h4-5,7-8,10-11,13-14,16-17,19-20,23,25-28,30-33H,2-3,6,9,12,15,18,21-22H2,1H3/b5-4-,8-7-,11-10-,14-13-,17-16-,20-19-/t23-,25-,26+,27-,28?/m1/s1. The Kier molecular flexibility index (Phi) is 17.5. The van der Waals surface area contributed by atoms with Crippen LogP contribution in [0.2, 0.25) is 0 Å². The maximum Gasteiger partial charge on any atom is 0.309 e. The van der Waals surface area contributed by atoms with Gasteiger partial charge in [0, 0.05) is 0 Å². The molecule has 1 aliphatic rings. The van der Waals surface area contributed by atoms with E-state index in [4.69, 9.17) is 9.47 Å². The Morgan fingerprint density at radius 1 is 0.686 bits per heavy atom. The van der Waals surface area contributed by atoms with Gasteiger partial charge >= 0.3 is 5.97 Å². The largest absolute Gasteiger partial charge is 0.463 e. The Hall–Kier alpha value is -2.29. The van der Waals surface area contributed by atoms with Crippen LogP contribution in [-0.4, -0.2) is 63.7 Å². The van der Waals surface area contributed by atoms with Gasteiger partial charge in [0.15, 0.2) is 6.29 Å². The molecule has 0 aromatic carbocycles. The van der Waals surface area contributed by atoms with Crippen molar-refractivity contribution in [3.63, 3.8) is 0 Å². The molecule has 196 valence electrons. The van der Waals surface area contributed by atoms with Gasteiger partial charge in [-0.15, -0.1) is 0 Å². The van der Waals surface area contributed by atoms with E-state index in [0.29, 0.717) is 6.42 Å². The molecule has 0 saturated carbocycles. The van der Waals surface area contributed by atoms with Crippen LogP contribution >= 0.6 is 0 Å². The molecule has 1 saturated heterocycles. The third kappa shape index (κ3) is 14.7. The molecule has 1 heterocycles. The van der Waals surface area contributed by atoms with E-state index in [1.807, 2.05) is 12.2 Å². The number of carbonyl (C=O) groups excluding carboxylic acids is 1. The Morgan fingerprint density at radius 2 is 1.14 bits per heavy atom. The van der Waals surface area contributed by atoms with E-state index < -0.39 is 36.7 Å². The Morgan fingerprint density at radius 3 is 1.63 bits per heavy atom. The second-order valence-electron chi connectivity index (χ2n) is 8.22. The highest BCUT2D eigenvalue weighted by Gasteiger charge is 2.43. The third-order valence-electron chi connectivity index (χ3n) is 5.20. The van der Waals surface area contributed by atoms with E-state index in [1.54, 1.807) is 6.08 Å². The minimum absolute atomic E-state index is 0.0569. The van der Waals surface area contributed by atoms with Crippen LogP contribution in [0.1, 0.15) is 58.3 Å². The summed E-state index contributed by atoms with van der Waals surface area (Å²) in [6.07, 6.45) is 24.4. The molecular formula is C28H42O7. The number of ether oxygens (including phenoxy) is 2. The van der Waals surface area contributed by atoms with E-state index in [0.717, 1.165) is 32.1 Å². The normalized spacial score (nSPS) is 25.9. The van der Waals surface area contributed by atoms with Crippen LogP contribution in [0.25, 0.3) is 0 Å². The molecule has 1 fully saturated rings. The molecule has 0 amide bonds. The van der Waals surface area contributed by atoms with Crippen molar-refractivity contribution in [1.29, 1.82) is 0 Å². The van der Waals surface area contributed by atoms with Crippen LogP contribution in [0, 0.1) is 0 Å². The molecule has 35 heavy (non-hydrogen) atoms. The first-order valence-electron chi connectivity index (χ1n) is 12.4. The summed E-state index contributed by atoms with van der Waals surface area (Å²) >= 11 is 0. The Labute approximate surface area is 209 Å². The van der Waals surface area contributed by atoms with Crippen molar-refractivity contribution in [3.05, 3.63) is 72.9 Å². The molecule has 0 aromatic rings. The lowest BCUT2D eigenvalue weighted by Crippen LogP contribution is -2.58. The number of hydrogen-bond donors (Lipinski definition) is 4. The zero-order chi connectivity index (χ0) is 25.7. The monoisotopic (exact) mass is 490 g/mol. The predicted molar refractivity (Wildman–Crippen MR) is 137 cm³/mol. The molecule has 7 heteroatoms. The molecule has 1 unspecified atom stereocenters. The van der Waals surface area contributed by atoms with Gasteiger partial charge in [-0.3, -0.25) is 4.79 Å². The van der Waals surface area contributed by atoms with Crippen molar-refractivity contribution in [2.24, 2.45) is 0 Å². The fourth-order valence-corrected chi connectivity index (χ4v) is 3.12. The average Bonchev–Trinajstić information content (AvgIpc) is 2.85. The van der Waals surface area contributed by atoms with Crippen LogP contribution < -0.4 is 0 Å². The highest BCUT2D eigenvalue weighted by Crippen LogP contribution is 2.20. The first-order chi connectivity index (χ1) is 17.0. The van der Waals surface area contributed by atoms with Crippen molar-refractivity contribution in [1.82, 2.24) is 0 Å². The van der Waals surface area contributed by atoms with Crippen LogP contribution in [0.15, 0.2) is 72.9 Å². The average molecular weight is 491 g/mol. The lowest BCUT2D eigenvalue weighted by molar-refractivity contribution is -0.287. The molecule has 0 aromatic heterocycles. The summed E-state index contributed by atoms with van der Waals surface area (Å²) in [7, 11) is 0. The fourth-order valence-electron chi connectivity index (χ4n) is 3.12. The van der Waals surface area contributed by atoms with E-state index in [9.17, 15) is 25.2 Å². The summed E-state index contributed by atoms with van der Waals surface area (Å²) in [5.41, 5.74) is 0. The van der Waals surface area contributed by atoms with Gasteiger partial charge in [-0.05, 0) is 38.5 Å². The predicted octanol–water partition coefficient (Wildman–Crippen LogP) is 3.81. The van der Waals surface area contributed by atoms with Crippen molar-refractivity contribution in [2.45, 2.75) is 89.0 Å². The number of hydrogen-bond acceptors (Lipinski definition) is 7. The van der Waals surface area contributed by atoms with Crippen LogP contribution in [0.4, 0.5) is 0 Å². The summed E-state index contributed by atoms with van der Waals surface area (Å²) in [5.74, 6) is -0.522. The van der Waals surface area contributed by atoms with Gasteiger partial charge in [0.25, 0.3) is 0 Å². The molecule has 7 nitrogen and oxygen atoms in total. The lowest BCUT2D eigenvalue weighted by atomic mass is 9.99. The second kappa shape index (κ2) is 20.0. The first-order valence-corrected chi connectivity index (χ1v) is 12.4. The van der Waals surface area contributed by atoms with Gasteiger partial charge < -0.3 is 29.9 Å². The number of rotatable bonds is 16. The SMILES string of the molecule is CCC/C=C\C/C=C\C/C=C\C/C=C\C/C=C\C/C=C\CC(=O)OC[C@H]1OC(O)[C@H](O)[C@@H](O)[C@@H]1O. The maximum atomic E-state index is 11.8. The van der Waals surface area contributed by atoms with E-state index in [1.165, 1.54) is 6.42 Å². The van der Waals surface area contributed by atoms with Crippen LogP contribution in [-0.2, 0) is 14.3 Å². The molecular weight excluding hydrogens is 448 g/mol. The van der Waals surface area contributed by atoms with Crippen LogP contribution in [0.3, 0.4) is 0 Å². The van der Waals surface area contributed by atoms with Gasteiger partial charge in [0.05, 0.1) is 6.42 Å². The van der Waals surface area contributed by atoms with Gasteiger partial charge in [-0.1, -0.05) is 86.3 Å². The highest BCUT2D eigenvalue weighted by molar-refractivity contribution is 5.71. The number of aliphatic hydroxyl groups is 4. The quantitative estimate of drug-likeness (QED) is 0.192. The molecule has 1 rings (SSSR count). The number of allylic oxidation sites excluding steroid dienone is 11. The van der Waals surface area contributed by atoms with Gasteiger partial charge in [-0.25, -0.2) is 0 Å². The molecule has 0 spiro atoms. The molecule has 0 bridgehead atoms. The molecule has 1 aliphatic heterocycles. The molecule has 4 N–H and O–H groups in total. The zero-order valence-corrected chi connectivity index (χ0v) is 20.7. The van der Waals surface area contributed by atoms with Crippen molar-refractivity contribution in [3.8, 4) is 0 Å². The topological polar surface area (TPSA) is 116 Å². The molecule has 5 atom stereocenters. The number of esters is 1. The molecule has 0 aliphatic carbocycles. The number of aliphatic hydroxyl groups excluding tert-OH is 4. The summed E-state index contributed by atoms with van der Waals surface area (Å²) in [6, 6.07) is 0. The Balaban J connectivity index is 2.06. The highest BCUT2D eigenvalue weighted by atomic mass is 16.6. The summed E-state index contributed by atoms with van der Waals surface area (Å²) in [5, 5.41) is 38.3. The van der Waals surface area contributed by atoms with Gasteiger partial charge in [0.2, 0.25) is 0 Å². The van der Waals surface area contributed by atoms with Gasteiger partial charge in [-0.2, -0.15) is 0 Å². The Bertz CT molecular complexity index is 736. The number of carbonyl (C=O) groups is 1. The maximum absolute atomic E-state index is 11.8. The minimum atomic E-state index is -1.65. The van der Waals surface area contributed by atoms with Crippen LogP contribution in [0.5, 0.6) is 0 Å². The smallest absolute Gasteiger partial charge is 0.309 e. The van der Waals surface area contributed by atoms with E-state index >= 15 is 0 Å². The first kappa shape index (κ1) is 30.7. The summed E-state index contributed by atoms with van der Waals surface area (Å²) in [4.78, 5) is 11.8. The van der Waals surface area contributed by atoms with Crippen molar-refractivity contribution in [2.75, 3.05) is 6.61 Å². The number of unbranched alkanes of at least 4 members (excludes halogenated alkanes) is 1. The van der Waals surface area contributed by atoms with E-state index in [2.05, 4.69) is 61.6 Å². The van der Waals surface area contributed by atoms with Crippen molar-refractivity contribution >= 4 is 5.97 Å². The summed E-state index contributed by atoms with van der Waals surface area (Å²) in [6.45, 7) is 1.85. The lowest BCUT2D eigenvalue weighted by Gasteiger charge is -2.37. The van der Waals surface area contributed by atoms with Crippen molar-refractivity contribution < 1.29 is 34.7 Å². The minimum Gasteiger partial charge on any atom is -0.463 e. The second-order valence-corrected chi connectivity index (χ2v) is 8.22. The third-order valence-corrected chi connectivity index (χ3v) is 5.20. The fraction of sp³-hybridized carbons (Fsp3) is 0.536. The van der Waals surface area contributed by atoms with Gasteiger partial charge in [0.1, 0.15) is 31.0 Å².